The molecule has 0 aliphatic carbocycles. The number of nitrogens with zero attached hydrogens (tertiary/aromatic N) is 3. The summed E-state index contributed by atoms with van der Waals surface area (Å²) in [7, 11) is 1.69. The Labute approximate surface area is 170 Å². The molecule has 150 valence electrons. The Morgan fingerprint density at radius 1 is 1.17 bits per heavy atom. The second kappa shape index (κ2) is 8.52. The number of amides is 1. The van der Waals surface area contributed by atoms with Crippen molar-refractivity contribution in [2.75, 3.05) is 19.4 Å². The second-order valence-electron chi connectivity index (χ2n) is 6.44. The Balaban J connectivity index is 1.30. The summed E-state index contributed by atoms with van der Waals surface area (Å²) < 4.78 is 30.1. The van der Waals surface area contributed by atoms with E-state index in [1.165, 1.54) is 12.1 Å². The molecule has 1 aromatic heterocycles. The number of rotatable bonds is 6. The van der Waals surface area contributed by atoms with Gasteiger partial charge in [0.1, 0.15) is 12.4 Å². The van der Waals surface area contributed by atoms with Crippen LogP contribution in [0.1, 0.15) is 17.6 Å². The molecule has 1 aliphatic rings. The van der Waals surface area contributed by atoms with Crippen LogP contribution in [0.15, 0.2) is 58.2 Å². The zero-order valence-corrected chi connectivity index (χ0v) is 16.4. The van der Waals surface area contributed by atoms with Gasteiger partial charge in [-0.1, -0.05) is 36.0 Å². The lowest BCUT2D eigenvalue weighted by molar-refractivity contribution is -0.127. The summed E-state index contributed by atoms with van der Waals surface area (Å²) >= 11 is 1.15. The number of carbonyl (C=O) groups excluding carboxylic acids is 1. The molecule has 4 rings (SSSR count). The molecule has 2 heterocycles. The fourth-order valence-electron chi connectivity index (χ4n) is 2.74. The average Bonchev–Trinajstić information content (AvgIpc) is 3.22. The predicted molar refractivity (Wildman–Crippen MR) is 103 cm³/mol. The number of hydrogen-bond donors (Lipinski definition) is 0. The van der Waals surface area contributed by atoms with Gasteiger partial charge in [0.2, 0.25) is 12.0 Å². The van der Waals surface area contributed by atoms with Crippen molar-refractivity contribution in [2.45, 2.75) is 17.9 Å². The summed E-state index contributed by atoms with van der Waals surface area (Å²) in [6, 6.07) is 13.4. The molecule has 0 fully saturated rings. The van der Waals surface area contributed by atoms with E-state index in [1.54, 1.807) is 24.1 Å². The quantitative estimate of drug-likeness (QED) is 0.571. The summed E-state index contributed by atoms with van der Waals surface area (Å²) in [5, 5.41) is 8.26. The summed E-state index contributed by atoms with van der Waals surface area (Å²) in [5.41, 5.74) is 0.849. The van der Waals surface area contributed by atoms with Gasteiger partial charge in [0.05, 0.1) is 5.75 Å². The van der Waals surface area contributed by atoms with Crippen LogP contribution in [0, 0.1) is 5.82 Å². The van der Waals surface area contributed by atoms with E-state index in [2.05, 4.69) is 10.2 Å². The van der Waals surface area contributed by atoms with E-state index < -0.39 is 6.10 Å². The van der Waals surface area contributed by atoms with E-state index >= 15 is 0 Å². The third kappa shape index (κ3) is 4.68. The number of carbonyl (C=O) groups is 1. The highest BCUT2D eigenvalue weighted by Gasteiger charge is 2.27. The molecule has 0 saturated heterocycles. The normalized spacial score (nSPS) is 15.2. The van der Waals surface area contributed by atoms with E-state index in [1.807, 2.05) is 24.3 Å². The topological polar surface area (TPSA) is 77.7 Å². The summed E-state index contributed by atoms with van der Waals surface area (Å²) in [4.78, 5) is 13.9. The van der Waals surface area contributed by atoms with E-state index in [9.17, 15) is 9.18 Å². The van der Waals surface area contributed by atoms with Gasteiger partial charge in [-0.3, -0.25) is 4.79 Å². The van der Waals surface area contributed by atoms with E-state index in [0.29, 0.717) is 23.9 Å². The van der Waals surface area contributed by atoms with Crippen LogP contribution in [0.4, 0.5) is 4.39 Å². The Kier molecular flexibility index (Phi) is 5.66. The fourth-order valence-corrected chi connectivity index (χ4v) is 3.45. The summed E-state index contributed by atoms with van der Waals surface area (Å²) in [6.45, 7) is 0.657. The minimum Gasteiger partial charge on any atom is -0.485 e. The van der Waals surface area contributed by atoms with E-state index in [0.717, 1.165) is 17.3 Å². The van der Waals surface area contributed by atoms with Gasteiger partial charge in [-0.25, -0.2) is 4.39 Å². The molecule has 0 bridgehead atoms. The number of benzene rings is 2. The van der Waals surface area contributed by atoms with Gasteiger partial charge in [0, 0.05) is 13.6 Å². The van der Waals surface area contributed by atoms with Crippen molar-refractivity contribution in [3.05, 3.63) is 65.8 Å². The molecule has 0 radical (unpaired) electrons. The molecule has 2 aromatic carbocycles. The monoisotopic (exact) mass is 415 g/mol. The molecule has 29 heavy (non-hydrogen) atoms. The van der Waals surface area contributed by atoms with Crippen LogP contribution in [0.2, 0.25) is 0 Å². The molecule has 9 heteroatoms. The van der Waals surface area contributed by atoms with E-state index in [-0.39, 0.29) is 29.3 Å². The third-order valence-corrected chi connectivity index (χ3v) is 5.09. The maximum atomic E-state index is 13.0. The minimum atomic E-state index is -0.497. The lowest BCUT2D eigenvalue weighted by Crippen LogP contribution is -2.27. The molecule has 0 spiro atoms. The van der Waals surface area contributed by atoms with Crippen LogP contribution < -0.4 is 9.47 Å². The van der Waals surface area contributed by atoms with Crippen molar-refractivity contribution in [2.24, 2.45) is 0 Å². The maximum absolute atomic E-state index is 13.0. The molecule has 3 aromatic rings. The van der Waals surface area contributed by atoms with Crippen molar-refractivity contribution in [1.82, 2.24) is 15.1 Å². The molecule has 1 amide bonds. The smallest absolute Gasteiger partial charge is 0.277 e. The first-order chi connectivity index (χ1) is 14.1. The van der Waals surface area contributed by atoms with Crippen molar-refractivity contribution in [1.29, 1.82) is 0 Å². The molecule has 0 saturated carbocycles. The lowest BCUT2D eigenvalue weighted by Gasteiger charge is -2.23. The zero-order chi connectivity index (χ0) is 20.2. The Morgan fingerprint density at radius 2 is 1.93 bits per heavy atom. The Morgan fingerprint density at radius 3 is 2.72 bits per heavy atom. The molecular weight excluding hydrogens is 397 g/mol. The van der Waals surface area contributed by atoms with Crippen LogP contribution >= 0.6 is 11.8 Å². The number of halogens is 1. The van der Waals surface area contributed by atoms with E-state index in [4.69, 9.17) is 13.9 Å². The molecular formula is C20H18FN3O4S. The molecule has 1 aliphatic heterocycles. The Bertz CT molecular complexity index is 995. The van der Waals surface area contributed by atoms with Gasteiger partial charge in [-0.2, -0.15) is 0 Å². The first-order valence-electron chi connectivity index (χ1n) is 8.91. The molecule has 1 atom stereocenters. The summed E-state index contributed by atoms with van der Waals surface area (Å²) in [6.07, 6.45) is -0.497. The van der Waals surface area contributed by atoms with Crippen molar-refractivity contribution >= 4 is 17.7 Å². The van der Waals surface area contributed by atoms with Crippen LogP contribution in [0.25, 0.3) is 0 Å². The maximum Gasteiger partial charge on any atom is 0.277 e. The van der Waals surface area contributed by atoms with Gasteiger partial charge in [-0.05, 0) is 29.8 Å². The van der Waals surface area contributed by atoms with Crippen LogP contribution in [0.3, 0.4) is 0 Å². The van der Waals surface area contributed by atoms with Crippen LogP contribution in [0.5, 0.6) is 11.5 Å². The number of aromatic nitrogens is 2. The largest absolute Gasteiger partial charge is 0.485 e. The molecule has 0 N–H and O–H groups in total. The number of fused-ring (bicyclic) bond motifs is 1. The lowest BCUT2D eigenvalue weighted by atomic mass is 10.2. The predicted octanol–water partition coefficient (Wildman–Crippen LogP) is 3.47. The number of hydrogen-bond acceptors (Lipinski definition) is 7. The first kappa shape index (κ1) is 19.3. The van der Waals surface area contributed by atoms with Crippen LogP contribution in [-0.2, 0) is 11.3 Å². The number of ether oxygens (including phenoxy) is 2. The highest BCUT2D eigenvalue weighted by Crippen LogP contribution is 2.35. The van der Waals surface area contributed by atoms with Crippen molar-refractivity contribution in [3.63, 3.8) is 0 Å². The molecule has 7 nitrogen and oxygen atoms in total. The minimum absolute atomic E-state index is 0.106. The SMILES string of the molecule is CN(Cc1ccc(F)cc1)C(=O)CSc1nnc(C2COc3ccccc3O2)o1. The van der Waals surface area contributed by atoms with Gasteiger partial charge in [0.25, 0.3) is 11.1 Å². The summed E-state index contributed by atoms with van der Waals surface area (Å²) in [5.74, 6) is 1.33. The second-order valence-corrected chi connectivity index (χ2v) is 7.36. The standard InChI is InChI=1S/C20H18FN3O4S/c1-24(10-13-6-8-14(21)9-7-13)18(25)12-29-20-23-22-19(28-20)17-11-26-15-4-2-3-5-16(15)27-17/h2-9,17H,10-12H2,1H3. The number of para-hydroxylation sites is 2. The van der Waals surface area contributed by atoms with Crippen LogP contribution in [-0.4, -0.2) is 40.4 Å². The average molecular weight is 415 g/mol. The van der Waals surface area contributed by atoms with Gasteiger partial charge >= 0.3 is 0 Å². The third-order valence-electron chi connectivity index (χ3n) is 4.28. The highest BCUT2D eigenvalue weighted by atomic mass is 32.2. The highest BCUT2D eigenvalue weighted by molar-refractivity contribution is 7.99. The fraction of sp³-hybridized carbons (Fsp3) is 0.250. The number of thioether (sulfide) groups is 1. The van der Waals surface area contributed by atoms with Crippen molar-refractivity contribution < 1.29 is 23.1 Å². The van der Waals surface area contributed by atoms with Gasteiger partial charge in [0.15, 0.2) is 11.5 Å². The van der Waals surface area contributed by atoms with Crippen molar-refractivity contribution in [3.8, 4) is 11.5 Å². The Hall–Kier alpha value is -3.07. The van der Waals surface area contributed by atoms with Gasteiger partial charge in [-0.15, -0.1) is 10.2 Å². The molecule has 1 unspecified atom stereocenters. The zero-order valence-electron chi connectivity index (χ0n) is 15.6. The first-order valence-corrected chi connectivity index (χ1v) is 9.90. The van der Waals surface area contributed by atoms with Gasteiger partial charge < -0.3 is 18.8 Å².